The minimum absolute atomic E-state index is 0.546. The van der Waals surface area contributed by atoms with Gasteiger partial charge in [-0.05, 0) is 109 Å². The van der Waals surface area contributed by atoms with Crippen molar-refractivity contribution >= 4 is 57.6 Å². The summed E-state index contributed by atoms with van der Waals surface area (Å²) in [7, 11) is -11.4. The molecule has 1 fully saturated rings. The zero-order valence-electron chi connectivity index (χ0n) is 35.5. The molecule has 0 aromatic heterocycles. The lowest BCUT2D eigenvalue weighted by atomic mass is 10.2. The molecule has 0 amide bonds. The highest BCUT2D eigenvalue weighted by molar-refractivity contribution is 7.78. The van der Waals surface area contributed by atoms with Gasteiger partial charge in [0.05, 0.1) is 37.6 Å². The van der Waals surface area contributed by atoms with Crippen molar-refractivity contribution < 1.29 is 41.1 Å². The third-order valence-electron chi connectivity index (χ3n) is 8.66. The van der Waals surface area contributed by atoms with E-state index in [4.69, 9.17) is 18.3 Å². The topological polar surface area (TPSA) is 122 Å². The summed E-state index contributed by atoms with van der Waals surface area (Å²) in [6.45, 7) is 25.5. The number of hydrogen-bond donors (Lipinski definition) is 0. The Balaban J connectivity index is 0.000000262. The van der Waals surface area contributed by atoms with E-state index in [0.717, 1.165) is 67.6 Å². The first kappa shape index (κ1) is 49.9. The molecule has 2 aliphatic heterocycles. The van der Waals surface area contributed by atoms with Gasteiger partial charge in [-0.3, -0.25) is 9.13 Å². The van der Waals surface area contributed by atoms with Crippen LogP contribution in [0.15, 0.2) is 84.9 Å². The monoisotopic (exact) mass is 866 g/mol. The van der Waals surface area contributed by atoms with Crippen LogP contribution in [-0.4, -0.2) is 72.6 Å². The van der Waals surface area contributed by atoms with Gasteiger partial charge in [0.1, 0.15) is 25.8 Å². The van der Waals surface area contributed by atoms with Crippen LogP contribution in [-0.2, 0) is 36.4 Å². The van der Waals surface area contributed by atoms with E-state index >= 15 is 0 Å². The van der Waals surface area contributed by atoms with Crippen LogP contribution in [0.25, 0.3) is 0 Å². The summed E-state index contributed by atoms with van der Waals surface area (Å²) >= 11 is 0. The lowest BCUT2D eigenvalue weighted by Gasteiger charge is -2.26. The maximum atomic E-state index is 13.1. The summed E-state index contributed by atoms with van der Waals surface area (Å²) in [5, 5.41) is 3.60. The highest BCUT2D eigenvalue weighted by atomic mass is 31.2. The number of benzene rings is 4. The van der Waals surface area contributed by atoms with Crippen molar-refractivity contribution in [2.75, 3.05) is 72.6 Å². The van der Waals surface area contributed by atoms with Crippen LogP contribution in [0.4, 0.5) is 0 Å². The number of fused-ring (bicyclic) bond motifs is 2. The van der Waals surface area contributed by atoms with Gasteiger partial charge in [0.2, 0.25) is 0 Å². The van der Waals surface area contributed by atoms with Crippen LogP contribution < -0.4 is 26.0 Å². The third-order valence-corrected chi connectivity index (χ3v) is 17.7. The number of ether oxygens (including phenoxy) is 1. The molecule has 0 radical (unpaired) electrons. The standard InChI is InChI=1S/C15H15O2P.C15H17OP.C4H9O3P.C4H11O2P.C4H11OP/c1-10-4-6-12-14(8-10)18(3,16)15-9-11(2)5-7-13(15)17-12;1-12-8-4-6-10-14(12)17(3,16)15-11-7-5-9-13(15)2;1-8(5)6-3-2-4-7-8;1-4-6-7(2,3)5;1-4-6(2,3)5/h4-9H,1-3H3;4-11H,1-3H3;2-4H2,1H3;4H2,1-3H3;4H2,1-3H3. The van der Waals surface area contributed by atoms with Crippen LogP contribution in [0.1, 0.15) is 42.5 Å². The zero-order valence-corrected chi connectivity index (χ0v) is 40.0. The molecule has 9 nitrogen and oxygen atoms in total. The fraction of sp³-hybridized carbons (Fsp3) is 0.429. The van der Waals surface area contributed by atoms with Crippen molar-refractivity contribution in [1.82, 2.24) is 0 Å². The van der Waals surface area contributed by atoms with Crippen molar-refractivity contribution in [2.45, 2.75) is 48.0 Å². The van der Waals surface area contributed by atoms with E-state index in [1.807, 2.05) is 140 Å². The molecule has 310 valence electrons. The van der Waals surface area contributed by atoms with Gasteiger partial charge >= 0.3 is 7.60 Å². The van der Waals surface area contributed by atoms with Crippen molar-refractivity contribution in [1.29, 1.82) is 0 Å². The zero-order chi connectivity index (χ0) is 42.5. The van der Waals surface area contributed by atoms with Gasteiger partial charge in [0.15, 0.2) is 7.37 Å². The second-order valence-corrected chi connectivity index (χ2v) is 29.0. The highest BCUT2D eigenvalue weighted by Gasteiger charge is 2.33. The second kappa shape index (κ2) is 21.6. The molecule has 0 bridgehead atoms. The Hall–Kier alpha value is -2.29. The number of aryl methyl sites for hydroxylation is 4. The quantitative estimate of drug-likeness (QED) is 0.180. The Labute approximate surface area is 336 Å². The molecular formula is C42H63O9P5. The molecule has 4 aromatic carbocycles. The molecule has 0 aliphatic carbocycles. The van der Waals surface area contributed by atoms with Crippen LogP contribution >= 0.6 is 36.4 Å². The van der Waals surface area contributed by atoms with Crippen LogP contribution in [0.3, 0.4) is 0 Å². The molecule has 4 aromatic rings. The van der Waals surface area contributed by atoms with Gasteiger partial charge in [0.25, 0.3) is 0 Å². The predicted molar refractivity (Wildman–Crippen MR) is 242 cm³/mol. The largest absolute Gasteiger partial charge is 0.456 e. The summed E-state index contributed by atoms with van der Waals surface area (Å²) in [5.41, 5.74) is 4.41. The lowest BCUT2D eigenvalue weighted by Crippen LogP contribution is -2.24. The van der Waals surface area contributed by atoms with Gasteiger partial charge in [-0.2, -0.15) is 0 Å². The summed E-state index contributed by atoms with van der Waals surface area (Å²) in [6, 6.07) is 27.6. The molecule has 56 heavy (non-hydrogen) atoms. The molecule has 14 heteroatoms. The maximum Gasteiger partial charge on any atom is 0.327 e. The van der Waals surface area contributed by atoms with Crippen molar-refractivity contribution in [3.8, 4) is 11.5 Å². The average molecular weight is 867 g/mol. The summed E-state index contributed by atoms with van der Waals surface area (Å²) < 4.78 is 78.4. The van der Waals surface area contributed by atoms with E-state index in [1.54, 1.807) is 26.7 Å². The molecule has 0 spiro atoms. The van der Waals surface area contributed by atoms with Crippen molar-refractivity contribution in [3.63, 3.8) is 0 Å². The molecule has 2 aliphatic rings. The van der Waals surface area contributed by atoms with Gasteiger partial charge in [-0.25, -0.2) is 0 Å². The minimum atomic E-state index is -2.59. The molecule has 0 unspecified atom stereocenters. The first-order valence-corrected chi connectivity index (χ1v) is 30.2. The van der Waals surface area contributed by atoms with E-state index in [0.29, 0.717) is 19.8 Å². The Bertz CT molecular complexity index is 2040. The van der Waals surface area contributed by atoms with Gasteiger partial charge < -0.3 is 32.0 Å². The normalized spacial score (nSPS) is 15.2. The fourth-order valence-corrected chi connectivity index (χ4v) is 11.8. The first-order valence-electron chi connectivity index (χ1n) is 18.6. The van der Waals surface area contributed by atoms with E-state index < -0.39 is 36.4 Å². The Morgan fingerprint density at radius 3 is 1.32 bits per heavy atom. The van der Waals surface area contributed by atoms with Gasteiger partial charge in [-0.15, -0.1) is 0 Å². The fourth-order valence-electron chi connectivity index (χ4n) is 5.42. The molecule has 0 atom stereocenters. The third kappa shape index (κ3) is 16.2. The van der Waals surface area contributed by atoms with Gasteiger partial charge in [-0.1, -0.05) is 78.7 Å². The second-order valence-electron chi connectivity index (χ2n) is 14.8. The lowest BCUT2D eigenvalue weighted by molar-refractivity contribution is 0.150. The van der Waals surface area contributed by atoms with E-state index in [9.17, 15) is 22.8 Å². The summed E-state index contributed by atoms with van der Waals surface area (Å²) in [6.07, 6.45) is 1.69. The molecule has 2 heterocycles. The Morgan fingerprint density at radius 2 is 1.04 bits per heavy atom. The van der Waals surface area contributed by atoms with Crippen molar-refractivity contribution in [2.24, 2.45) is 0 Å². The van der Waals surface area contributed by atoms with E-state index in [1.165, 1.54) is 6.66 Å². The maximum absolute atomic E-state index is 13.1. The molecule has 0 saturated carbocycles. The SMILES string of the molecule is CCOP(C)(C)=O.CCP(C)(C)=O.CP1(=O)OCCCO1.Cc1ccc2c(c1)P(C)(=O)c1cc(C)ccc1O2.Cc1ccccc1P(C)(=O)c1ccccc1C. The first-order chi connectivity index (χ1) is 25.8. The van der Waals surface area contributed by atoms with E-state index in [2.05, 4.69) is 0 Å². The van der Waals surface area contributed by atoms with Crippen LogP contribution in [0.2, 0.25) is 0 Å². The average Bonchev–Trinajstić information content (AvgIpc) is 3.10. The highest BCUT2D eigenvalue weighted by Crippen LogP contribution is 2.49. The molecule has 6 rings (SSSR count). The van der Waals surface area contributed by atoms with Crippen LogP contribution in [0, 0.1) is 27.7 Å². The smallest absolute Gasteiger partial charge is 0.327 e. The Kier molecular flexibility index (Phi) is 19.3. The molecular weight excluding hydrogens is 803 g/mol. The van der Waals surface area contributed by atoms with Crippen molar-refractivity contribution in [3.05, 3.63) is 107 Å². The van der Waals surface area contributed by atoms with Crippen LogP contribution in [0.5, 0.6) is 11.5 Å². The summed E-state index contributed by atoms with van der Waals surface area (Å²) in [4.78, 5) is 0. The van der Waals surface area contributed by atoms with Gasteiger partial charge in [0, 0.05) is 30.6 Å². The minimum Gasteiger partial charge on any atom is -0.456 e. The van der Waals surface area contributed by atoms with E-state index in [-0.39, 0.29) is 0 Å². The predicted octanol–water partition coefficient (Wildman–Crippen LogP) is 11.0. The molecule has 1 saturated heterocycles. The number of hydrogen-bond acceptors (Lipinski definition) is 9. The Morgan fingerprint density at radius 1 is 0.643 bits per heavy atom. The number of rotatable bonds is 5. The molecule has 0 N–H and O–H groups in total. The summed E-state index contributed by atoms with van der Waals surface area (Å²) in [5.74, 6) is 1.45.